The summed E-state index contributed by atoms with van der Waals surface area (Å²) in [6.07, 6.45) is 2.24. The smallest absolute Gasteiger partial charge is 0.328 e. The lowest BCUT2D eigenvalue weighted by Crippen LogP contribution is -2.34. The average Bonchev–Trinajstić information content (AvgIpc) is 2.31. The van der Waals surface area contributed by atoms with Crippen LogP contribution in [0.4, 0.5) is 0 Å². The number of aromatic nitrogens is 2. The number of methoxy groups -OCH3 is 1. The molecule has 0 unspecified atom stereocenters. The Kier molecular flexibility index (Phi) is 5.65. The van der Waals surface area contributed by atoms with Crippen LogP contribution in [-0.2, 0) is 17.7 Å². The van der Waals surface area contributed by atoms with Gasteiger partial charge in [-0.2, -0.15) is 0 Å². The molecule has 0 aromatic carbocycles. The second-order valence-corrected chi connectivity index (χ2v) is 3.70. The molecule has 0 bridgehead atoms. The van der Waals surface area contributed by atoms with Crippen molar-refractivity contribution in [3.8, 4) is 0 Å². The van der Waals surface area contributed by atoms with Gasteiger partial charge in [0, 0.05) is 38.5 Å². The molecule has 0 fully saturated rings. The van der Waals surface area contributed by atoms with Gasteiger partial charge in [0.25, 0.3) is 5.56 Å². The van der Waals surface area contributed by atoms with Gasteiger partial charge in [0.2, 0.25) is 0 Å². The van der Waals surface area contributed by atoms with Crippen molar-refractivity contribution in [3.05, 3.63) is 32.6 Å². The number of nitrogens with one attached hydrogen (secondary N) is 2. The normalized spacial score (nSPS) is 10.7. The van der Waals surface area contributed by atoms with E-state index in [0.717, 1.165) is 6.54 Å². The maximum atomic E-state index is 11.5. The highest BCUT2D eigenvalue weighted by Crippen LogP contribution is 1.88. The van der Waals surface area contributed by atoms with E-state index in [9.17, 15) is 9.59 Å². The highest BCUT2D eigenvalue weighted by atomic mass is 16.5. The summed E-state index contributed by atoms with van der Waals surface area (Å²) in [6, 6.07) is 0. The molecule has 0 aliphatic heterocycles. The lowest BCUT2D eigenvalue weighted by Gasteiger charge is -2.07. The maximum Gasteiger partial charge on any atom is 0.328 e. The molecule has 0 saturated carbocycles. The molecule has 17 heavy (non-hydrogen) atoms. The van der Waals surface area contributed by atoms with Crippen LogP contribution >= 0.6 is 0 Å². The molecular weight excluding hydrogens is 222 g/mol. The van der Waals surface area contributed by atoms with Crippen molar-refractivity contribution in [2.45, 2.75) is 19.9 Å². The van der Waals surface area contributed by atoms with Crippen LogP contribution in [-0.4, -0.2) is 36.4 Å². The number of aryl methyl sites for hydroxylation is 1. The second kappa shape index (κ2) is 7.03. The van der Waals surface area contributed by atoms with E-state index >= 15 is 0 Å². The van der Waals surface area contributed by atoms with Crippen molar-refractivity contribution in [2.24, 2.45) is 0 Å². The molecule has 0 saturated heterocycles. The van der Waals surface area contributed by atoms with Gasteiger partial charge >= 0.3 is 5.69 Å². The predicted octanol–water partition coefficient (Wildman–Crippen LogP) is -0.665. The van der Waals surface area contributed by atoms with Crippen molar-refractivity contribution in [2.75, 3.05) is 26.8 Å². The summed E-state index contributed by atoms with van der Waals surface area (Å²) in [6.45, 7) is 4.47. The van der Waals surface area contributed by atoms with E-state index < -0.39 is 0 Å². The minimum atomic E-state index is -0.360. The van der Waals surface area contributed by atoms with Crippen LogP contribution in [0.25, 0.3) is 0 Å². The predicted molar refractivity (Wildman–Crippen MR) is 65.4 cm³/mol. The molecule has 0 amide bonds. The third-order valence-corrected chi connectivity index (χ3v) is 2.48. The number of nitrogens with zero attached hydrogens (tertiary/aromatic N) is 1. The van der Waals surface area contributed by atoms with Crippen LogP contribution < -0.4 is 16.6 Å². The first-order valence-electron chi connectivity index (χ1n) is 5.71. The number of aromatic amines is 1. The molecule has 1 rings (SSSR count). The van der Waals surface area contributed by atoms with Crippen molar-refractivity contribution in [1.29, 1.82) is 0 Å². The summed E-state index contributed by atoms with van der Waals surface area (Å²) < 4.78 is 6.41. The van der Waals surface area contributed by atoms with Crippen LogP contribution in [0.1, 0.15) is 12.5 Å². The summed E-state index contributed by atoms with van der Waals surface area (Å²) in [5, 5.41) is 3.14. The number of rotatable bonds is 7. The zero-order valence-corrected chi connectivity index (χ0v) is 10.3. The van der Waals surface area contributed by atoms with Gasteiger partial charge in [0.05, 0.1) is 6.61 Å². The molecule has 0 atom stereocenters. The van der Waals surface area contributed by atoms with Crippen LogP contribution in [0, 0.1) is 0 Å². The fraction of sp³-hybridized carbons (Fsp3) is 0.636. The monoisotopic (exact) mass is 241 g/mol. The zero-order valence-electron chi connectivity index (χ0n) is 10.3. The van der Waals surface area contributed by atoms with Crippen LogP contribution in [0.5, 0.6) is 0 Å². The summed E-state index contributed by atoms with van der Waals surface area (Å²) in [4.78, 5) is 25.1. The number of ether oxygens (including phenoxy) is 1. The summed E-state index contributed by atoms with van der Waals surface area (Å²) >= 11 is 0. The Morgan fingerprint density at radius 1 is 1.41 bits per heavy atom. The third-order valence-electron chi connectivity index (χ3n) is 2.48. The Labute approximate surface area is 99.6 Å². The van der Waals surface area contributed by atoms with E-state index in [4.69, 9.17) is 4.74 Å². The Balaban J connectivity index is 2.59. The third kappa shape index (κ3) is 4.16. The molecule has 1 heterocycles. The molecule has 1 aromatic heterocycles. The minimum absolute atomic E-state index is 0.291. The first kappa shape index (κ1) is 13.7. The van der Waals surface area contributed by atoms with E-state index in [0.29, 0.717) is 31.7 Å². The molecule has 2 N–H and O–H groups in total. The van der Waals surface area contributed by atoms with Crippen molar-refractivity contribution in [1.82, 2.24) is 14.9 Å². The van der Waals surface area contributed by atoms with E-state index in [-0.39, 0.29) is 11.2 Å². The van der Waals surface area contributed by atoms with Crippen molar-refractivity contribution < 1.29 is 4.74 Å². The van der Waals surface area contributed by atoms with Crippen molar-refractivity contribution in [3.63, 3.8) is 0 Å². The van der Waals surface area contributed by atoms with E-state index in [1.807, 2.05) is 6.92 Å². The van der Waals surface area contributed by atoms with Crippen molar-refractivity contribution >= 4 is 0 Å². The van der Waals surface area contributed by atoms with E-state index in [2.05, 4.69) is 10.3 Å². The lowest BCUT2D eigenvalue weighted by atomic mass is 10.3. The molecule has 0 aliphatic rings. The van der Waals surface area contributed by atoms with E-state index in [1.54, 1.807) is 13.3 Å². The fourth-order valence-corrected chi connectivity index (χ4v) is 1.47. The molecule has 6 heteroatoms. The molecule has 96 valence electrons. The molecular formula is C11H19N3O3. The topological polar surface area (TPSA) is 76.1 Å². The van der Waals surface area contributed by atoms with Crippen LogP contribution in [0.15, 0.2) is 15.8 Å². The first-order chi connectivity index (χ1) is 8.19. The quantitative estimate of drug-likeness (QED) is 0.621. The maximum absolute atomic E-state index is 11.5. The van der Waals surface area contributed by atoms with Gasteiger partial charge in [-0.05, 0) is 6.42 Å². The Hall–Kier alpha value is -1.40. The Morgan fingerprint density at radius 2 is 2.18 bits per heavy atom. The molecule has 0 aliphatic carbocycles. The van der Waals surface area contributed by atoms with Crippen LogP contribution in [0.2, 0.25) is 0 Å². The number of hydrogen-bond acceptors (Lipinski definition) is 4. The van der Waals surface area contributed by atoms with Gasteiger partial charge in [-0.25, -0.2) is 4.79 Å². The molecule has 0 radical (unpaired) electrons. The zero-order chi connectivity index (χ0) is 12.7. The SMILES string of the molecule is CCc1cn(CCNCCOC)c(=O)[nH]c1=O. The first-order valence-corrected chi connectivity index (χ1v) is 5.71. The summed E-state index contributed by atoms with van der Waals surface area (Å²) in [5.41, 5.74) is -0.0247. The fourth-order valence-electron chi connectivity index (χ4n) is 1.47. The second-order valence-electron chi connectivity index (χ2n) is 3.70. The number of hydrogen-bond donors (Lipinski definition) is 2. The summed E-state index contributed by atoms with van der Waals surface area (Å²) in [7, 11) is 1.64. The lowest BCUT2D eigenvalue weighted by molar-refractivity contribution is 0.199. The van der Waals surface area contributed by atoms with Gasteiger partial charge in [-0.3, -0.25) is 14.3 Å². The Morgan fingerprint density at radius 3 is 2.82 bits per heavy atom. The molecule has 0 spiro atoms. The molecule has 1 aromatic rings. The molecule has 6 nitrogen and oxygen atoms in total. The average molecular weight is 241 g/mol. The highest BCUT2D eigenvalue weighted by molar-refractivity contribution is 5.03. The largest absolute Gasteiger partial charge is 0.383 e. The standard InChI is InChI=1S/C11H19N3O3/c1-3-9-8-14(11(16)13-10(9)15)6-4-12-5-7-17-2/h8,12H,3-7H2,1-2H3,(H,13,15,16). The minimum Gasteiger partial charge on any atom is -0.383 e. The van der Waals surface area contributed by atoms with Gasteiger partial charge in [-0.15, -0.1) is 0 Å². The van der Waals surface area contributed by atoms with E-state index in [1.165, 1.54) is 4.57 Å². The van der Waals surface area contributed by atoms with Crippen LogP contribution in [0.3, 0.4) is 0 Å². The van der Waals surface area contributed by atoms with Gasteiger partial charge in [0.15, 0.2) is 0 Å². The highest BCUT2D eigenvalue weighted by Gasteiger charge is 2.02. The summed E-state index contributed by atoms with van der Waals surface area (Å²) in [5.74, 6) is 0. The van der Waals surface area contributed by atoms with Gasteiger partial charge in [-0.1, -0.05) is 6.92 Å². The van der Waals surface area contributed by atoms with Gasteiger partial charge < -0.3 is 10.1 Å². The Bertz CT molecular complexity index is 450. The van der Waals surface area contributed by atoms with Gasteiger partial charge in [0.1, 0.15) is 0 Å². The number of H-pyrrole nitrogens is 1.